The molecule has 0 aliphatic rings. The van der Waals surface area contributed by atoms with Gasteiger partial charge in [0.15, 0.2) is 0 Å². The minimum absolute atomic E-state index is 0.0167. The molecule has 0 radical (unpaired) electrons. The third kappa shape index (κ3) is 3.39. The molecule has 0 amide bonds. The van der Waals surface area contributed by atoms with Gasteiger partial charge in [0.05, 0.1) is 16.7 Å². The van der Waals surface area contributed by atoms with Crippen molar-refractivity contribution < 1.29 is 4.79 Å². The molecule has 4 heteroatoms. The first-order valence-electron chi connectivity index (χ1n) is 5.18. The van der Waals surface area contributed by atoms with Gasteiger partial charge in [-0.1, -0.05) is 6.92 Å². The Labute approximate surface area is 95.1 Å². The predicted molar refractivity (Wildman–Crippen MR) is 63.1 cm³/mol. The summed E-state index contributed by atoms with van der Waals surface area (Å²) in [4.78, 5) is 17.9. The molecule has 0 fully saturated rings. The topological polar surface area (TPSA) is 33.2 Å². The standard InChI is InChI=1S/C11H18N2OS/c1-5-11(14)8(2)13(4)6-10-7-15-9(3)12-10/h7-8H,5-6H2,1-4H3. The lowest BCUT2D eigenvalue weighted by Crippen LogP contribution is -2.35. The minimum atomic E-state index is -0.0167. The normalized spacial score (nSPS) is 13.1. The summed E-state index contributed by atoms with van der Waals surface area (Å²) < 4.78 is 0. The van der Waals surface area contributed by atoms with Gasteiger partial charge in [-0.25, -0.2) is 4.98 Å². The zero-order valence-electron chi connectivity index (χ0n) is 9.78. The number of hydrogen-bond donors (Lipinski definition) is 0. The van der Waals surface area contributed by atoms with Gasteiger partial charge in [0, 0.05) is 18.3 Å². The third-order valence-electron chi connectivity index (χ3n) is 2.55. The highest BCUT2D eigenvalue weighted by atomic mass is 32.1. The fraction of sp³-hybridized carbons (Fsp3) is 0.636. The first kappa shape index (κ1) is 12.3. The van der Waals surface area contributed by atoms with Crippen LogP contribution in [-0.4, -0.2) is 28.8 Å². The van der Waals surface area contributed by atoms with E-state index < -0.39 is 0 Å². The molecule has 1 rings (SSSR count). The summed E-state index contributed by atoms with van der Waals surface area (Å²) in [5.74, 6) is 0.282. The van der Waals surface area contributed by atoms with Crippen LogP contribution >= 0.6 is 11.3 Å². The van der Waals surface area contributed by atoms with Crippen LogP contribution in [0.1, 0.15) is 31.0 Å². The highest BCUT2D eigenvalue weighted by Gasteiger charge is 2.16. The fourth-order valence-electron chi connectivity index (χ4n) is 1.41. The molecule has 1 aromatic heterocycles. The summed E-state index contributed by atoms with van der Waals surface area (Å²) in [6, 6.07) is -0.0167. The number of carbonyl (C=O) groups excluding carboxylic acids is 1. The molecule has 0 N–H and O–H groups in total. The van der Waals surface area contributed by atoms with Crippen LogP contribution in [0.3, 0.4) is 0 Å². The van der Waals surface area contributed by atoms with Crippen molar-refractivity contribution in [1.82, 2.24) is 9.88 Å². The van der Waals surface area contributed by atoms with Crippen LogP contribution < -0.4 is 0 Å². The van der Waals surface area contributed by atoms with Crippen LogP contribution in [0.2, 0.25) is 0 Å². The maximum Gasteiger partial charge on any atom is 0.149 e. The van der Waals surface area contributed by atoms with Crippen LogP contribution in [0, 0.1) is 6.92 Å². The maximum atomic E-state index is 11.5. The van der Waals surface area contributed by atoms with E-state index in [-0.39, 0.29) is 11.8 Å². The number of carbonyl (C=O) groups is 1. The molecule has 84 valence electrons. The summed E-state index contributed by atoms with van der Waals surface area (Å²) in [6.07, 6.45) is 0.599. The van der Waals surface area contributed by atoms with E-state index in [9.17, 15) is 4.79 Å². The molecule has 3 nitrogen and oxygen atoms in total. The van der Waals surface area contributed by atoms with Crippen molar-refractivity contribution >= 4 is 17.1 Å². The van der Waals surface area contributed by atoms with Crippen molar-refractivity contribution in [1.29, 1.82) is 0 Å². The van der Waals surface area contributed by atoms with Gasteiger partial charge in [-0.2, -0.15) is 0 Å². The van der Waals surface area contributed by atoms with Gasteiger partial charge in [-0.15, -0.1) is 11.3 Å². The summed E-state index contributed by atoms with van der Waals surface area (Å²) in [6.45, 7) is 6.59. The largest absolute Gasteiger partial charge is 0.298 e. The smallest absolute Gasteiger partial charge is 0.149 e. The molecule has 1 heterocycles. The number of Topliss-reactive ketones (excluding diaryl/α,β-unsaturated/α-hetero) is 1. The highest BCUT2D eigenvalue weighted by molar-refractivity contribution is 7.09. The molecular weight excluding hydrogens is 208 g/mol. The van der Waals surface area contributed by atoms with Gasteiger partial charge in [0.25, 0.3) is 0 Å². The summed E-state index contributed by atoms with van der Waals surface area (Å²) in [7, 11) is 1.97. The molecular formula is C11H18N2OS. The quantitative estimate of drug-likeness (QED) is 0.772. The second kappa shape index (κ2) is 5.37. The first-order chi connectivity index (χ1) is 7.04. The van der Waals surface area contributed by atoms with Crippen molar-refractivity contribution in [3.8, 4) is 0 Å². The molecule has 15 heavy (non-hydrogen) atoms. The van der Waals surface area contributed by atoms with E-state index in [0.29, 0.717) is 6.42 Å². The second-order valence-electron chi connectivity index (χ2n) is 3.77. The lowest BCUT2D eigenvalue weighted by atomic mass is 10.1. The Morgan fingerprint density at radius 3 is 2.80 bits per heavy atom. The molecule has 1 atom stereocenters. The molecule has 0 aromatic carbocycles. The van der Waals surface area contributed by atoms with Crippen molar-refractivity contribution in [3.63, 3.8) is 0 Å². The van der Waals surface area contributed by atoms with Crippen LogP contribution in [0.4, 0.5) is 0 Å². The van der Waals surface area contributed by atoms with Gasteiger partial charge in [-0.3, -0.25) is 9.69 Å². The maximum absolute atomic E-state index is 11.5. The number of thiazole rings is 1. The van der Waals surface area contributed by atoms with E-state index in [1.807, 2.05) is 32.7 Å². The van der Waals surface area contributed by atoms with Gasteiger partial charge in [0.1, 0.15) is 5.78 Å². The summed E-state index contributed by atoms with van der Waals surface area (Å²) in [5.41, 5.74) is 1.05. The lowest BCUT2D eigenvalue weighted by molar-refractivity contribution is -0.123. The zero-order chi connectivity index (χ0) is 11.4. The van der Waals surface area contributed by atoms with Crippen molar-refractivity contribution in [2.75, 3.05) is 7.05 Å². The number of aromatic nitrogens is 1. The molecule has 1 unspecified atom stereocenters. The monoisotopic (exact) mass is 226 g/mol. The van der Waals surface area contributed by atoms with E-state index in [1.165, 1.54) is 0 Å². The average Bonchev–Trinajstić information content (AvgIpc) is 2.61. The molecule has 0 aliphatic carbocycles. The second-order valence-corrected chi connectivity index (χ2v) is 4.83. The van der Waals surface area contributed by atoms with Gasteiger partial charge < -0.3 is 0 Å². The van der Waals surface area contributed by atoms with Crippen LogP contribution in [0.5, 0.6) is 0 Å². The SMILES string of the molecule is CCC(=O)C(C)N(C)Cc1csc(C)n1. The highest BCUT2D eigenvalue weighted by Crippen LogP contribution is 2.11. The molecule has 0 spiro atoms. The van der Waals surface area contributed by atoms with E-state index >= 15 is 0 Å². The Balaban J connectivity index is 2.55. The van der Waals surface area contributed by atoms with Gasteiger partial charge in [0.2, 0.25) is 0 Å². The zero-order valence-corrected chi connectivity index (χ0v) is 10.6. The molecule has 0 aliphatic heterocycles. The van der Waals surface area contributed by atoms with E-state index in [1.54, 1.807) is 11.3 Å². The van der Waals surface area contributed by atoms with Crippen LogP contribution in [0.25, 0.3) is 0 Å². The molecule has 0 saturated carbocycles. The molecule has 0 saturated heterocycles. The van der Waals surface area contributed by atoms with E-state index in [4.69, 9.17) is 0 Å². The Bertz CT molecular complexity index is 335. The van der Waals surface area contributed by atoms with Crippen molar-refractivity contribution in [2.45, 2.75) is 39.8 Å². The predicted octanol–water partition coefficient (Wildman–Crippen LogP) is 2.25. The number of aryl methyl sites for hydroxylation is 1. The van der Waals surface area contributed by atoms with Gasteiger partial charge in [-0.05, 0) is 20.9 Å². The average molecular weight is 226 g/mol. The molecule has 1 aromatic rings. The summed E-state index contributed by atoms with van der Waals surface area (Å²) in [5, 5.41) is 3.13. The van der Waals surface area contributed by atoms with Crippen molar-refractivity contribution in [2.24, 2.45) is 0 Å². The summed E-state index contributed by atoms with van der Waals surface area (Å²) >= 11 is 1.65. The third-order valence-corrected chi connectivity index (χ3v) is 3.38. The number of hydrogen-bond acceptors (Lipinski definition) is 4. The van der Waals surface area contributed by atoms with Crippen LogP contribution in [0.15, 0.2) is 5.38 Å². The first-order valence-corrected chi connectivity index (χ1v) is 6.06. The number of rotatable bonds is 5. The van der Waals surface area contributed by atoms with Gasteiger partial charge >= 0.3 is 0 Å². The van der Waals surface area contributed by atoms with Crippen LogP contribution in [-0.2, 0) is 11.3 Å². The molecule has 0 bridgehead atoms. The Hall–Kier alpha value is -0.740. The number of likely N-dealkylation sites (N-methyl/N-ethyl adjacent to an activating group) is 1. The number of nitrogens with zero attached hydrogens (tertiary/aromatic N) is 2. The lowest BCUT2D eigenvalue weighted by Gasteiger charge is -2.22. The Kier molecular flexibility index (Phi) is 4.42. The van der Waals surface area contributed by atoms with E-state index in [2.05, 4.69) is 10.4 Å². The Morgan fingerprint density at radius 1 is 1.67 bits per heavy atom. The van der Waals surface area contributed by atoms with Crippen molar-refractivity contribution in [3.05, 3.63) is 16.1 Å². The Morgan fingerprint density at radius 2 is 2.33 bits per heavy atom. The fourth-order valence-corrected chi connectivity index (χ4v) is 2.02. The van der Waals surface area contributed by atoms with E-state index in [0.717, 1.165) is 17.2 Å². The number of ketones is 1. The minimum Gasteiger partial charge on any atom is -0.298 e.